The zero-order valence-electron chi connectivity index (χ0n) is 14.1. The lowest BCUT2D eigenvalue weighted by Gasteiger charge is -2.45. The van der Waals surface area contributed by atoms with Crippen molar-refractivity contribution in [1.82, 2.24) is 4.90 Å². The number of hydrogen-bond acceptors (Lipinski definition) is 5. The van der Waals surface area contributed by atoms with Crippen LogP contribution in [0.3, 0.4) is 0 Å². The van der Waals surface area contributed by atoms with Gasteiger partial charge < -0.3 is 20.4 Å². The number of rotatable bonds is 3. The number of aliphatic hydroxyl groups is 4. The van der Waals surface area contributed by atoms with E-state index in [1.54, 1.807) is 0 Å². The first-order valence-corrected chi connectivity index (χ1v) is 8.63. The fraction of sp³-hybridized carbons (Fsp3) is 1.00. The molecule has 1 aliphatic heterocycles. The van der Waals surface area contributed by atoms with Crippen LogP contribution in [0.15, 0.2) is 0 Å². The first-order chi connectivity index (χ1) is 10.2. The minimum Gasteiger partial charge on any atom is -0.395 e. The van der Waals surface area contributed by atoms with Crippen LogP contribution < -0.4 is 0 Å². The molecule has 2 aliphatic rings. The van der Waals surface area contributed by atoms with E-state index in [1.807, 2.05) is 4.90 Å². The minimum absolute atomic E-state index is 0.192. The van der Waals surface area contributed by atoms with E-state index in [-0.39, 0.29) is 6.61 Å². The topological polar surface area (TPSA) is 84.2 Å². The molecule has 1 aliphatic carbocycles. The second-order valence-corrected chi connectivity index (χ2v) is 8.34. The van der Waals surface area contributed by atoms with Gasteiger partial charge >= 0.3 is 0 Å². The van der Waals surface area contributed by atoms with Crippen LogP contribution in [0.2, 0.25) is 0 Å². The van der Waals surface area contributed by atoms with Gasteiger partial charge in [0.2, 0.25) is 0 Å². The van der Waals surface area contributed by atoms with E-state index in [0.29, 0.717) is 17.9 Å². The second kappa shape index (κ2) is 7.14. The maximum absolute atomic E-state index is 10.0. The largest absolute Gasteiger partial charge is 0.395 e. The van der Waals surface area contributed by atoms with Crippen molar-refractivity contribution >= 4 is 0 Å². The van der Waals surface area contributed by atoms with E-state index in [9.17, 15) is 20.4 Å². The first-order valence-electron chi connectivity index (χ1n) is 8.63. The average Bonchev–Trinajstić information content (AvgIpc) is 2.45. The highest BCUT2D eigenvalue weighted by Gasteiger charge is 2.42. The lowest BCUT2D eigenvalue weighted by Crippen LogP contribution is -2.63. The lowest BCUT2D eigenvalue weighted by atomic mass is 9.69. The van der Waals surface area contributed by atoms with Crippen molar-refractivity contribution in [1.29, 1.82) is 0 Å². The highest BCUT2D eigenvalue weighted by molar-refractivity contribution is 4.95. The molecule has 0 bridgehead atoms. The van der Waals surface area contributed by atoms with E-state index in [1.165, 1.54) is 12.8 Å². The molecule has 0 aromatic rings. The molecule has 1 heterocycles. The summed E-state index contributed by atoms with van der Waals surface area (Å²) in [6, 6.07) is -0.473. The summed E-state index contributed by atoms with van der Waals surface area (Å²) in [7, 11) is 0. The van der Waals surface area contributed by atoms with Gasteiger partial charge in [0.25, 0.3) is 0 Å². The van der Waals surface area contributed by atoms with Crippen LogP contribution in [0.1, 0.15) is 46.5 Å². The van der Waals surface area contributed by atoms with Crippen LogP contribution in [0.25, 0.3) is 0 Å². The van der Waals surface area contributed by atoms with Gasteiger partial charge in [0.15, 0.2) is 0 Å². The monoisotopic (exact) mass is 315 g/mol. The van der Waals surface area contributed by atoms with Crippen molar-refractivity contribution in [2.75, 3.05) is 19.7 Å². The van der Waals surface area contributed by atoms with Crippen LogP contribution in [-0.2, 0) is 0 Å². The maximum Gasteiger partial charge on any atom is 0.109 e. The summed E-state index contributed by atoms with van der Waals surface area (Å²) in [6.45, 7) is 7.82. The highest BCUT2D eigenvalue weighted by Crippen LogP contribution is 2.40. The van der Waals surface area contributed by atoms with Crippen molar-refractivity contribution < 1.29 is 20.4 Å². The Labute approximate surface area is 134 Å². The second-order valence-electron chi connectivity index (χ2n) is 8.34. The fourth-order valence-electron chi connectivity index (χ4n) is 4.13. The predicted molar refractivity (Wildman–Crippen MR) is 85.4 cm³/mol. The van der Waals surface area contributed by atoms with Gasteiger partial charge in [-0.3, -0.25) is 4.90 Å². The van der Waals surface area contributed by atoms with E-state index in [2.05, 4.69) is 20.8 Å². The molecular formula is C17H33NO4. The summed E-state index contributed by atoms with van der Waals surface area (Å²) < 4.78 is 0. The number of β-amino-alcohol motifs (C(OH)–C–C–N with tert-alkyl or cyclic N) is 1. The smallest absolute Gasteiger partial charge is 0.109 e. The van der Waals surface area contributed by atoms with Crippen molar-refractivity contribution in [2.45, 2.75) is 70.8 Å². The Morgan fingerprint density at radius 3 is 2.05 bits per heavy atom. The van der Waals surface area contributed by atoms with Crippen molar-refractivity contribution in [3.8, 4) is 0 Å². The standard InChI is InChI=1S/C17H33NO4/c1-17(2,3)12-6-4-11(5-7-12)8-18-9-14(20)16(22)15(21)13(18)10-19/h11-16,19-22H,4-10H2,1-3H3/t11?,12?,13-,14-,15+,16+/m0/s1. The molecule has 0 amide bonds. The molecule has 22 heavy (non-hydrogen) atoms. The van der Waals surface area contributed by atoms with Crippen LogP contribution in [0.5, 0.6) is 0 Å². The van der Waals surface area contributed by atoms with E-state index in [0.717, 1.165) is 25.3 Å². The van der Waals surface area contributed by atoms with Crippen molar-refractivity contribution in [2.24, 2.45) is 17.3 Å². The molecule has 130 valence electrons. The highest BCUT2D eigenvalue weighted by atomic mass is 16.4. The summed E-state index contributed by atoms with van der Waals surface area (Å²) >= 11 is 0. The Hall–Kier alpha value is -0.200. The Bertz CT molecular complexity index is 349. The predicted octanol–water partition coefficient (Wildman–Crippen LogP) is 0.598. The molecule has 0 spiro atoms. The summed E-state index contributed by atoms with van der Waals surface area (Å²) in [5, 5.41) is 39.2. The van der Waals surface area contributed by atoms with Crippen LogP contribution in [-0.4, -0.2) is 69.4 Å². The third-order valence-electron chi connectivity index (χ3n) is 5.78. The molecule has 2 fully saturated rings. The molecular weight excluding hydrogens is 282 g/mol. The molecule has 0 radical (unpaired) electrons. The molecule has 0 unspecified atom stereocenters. The molecule has 2 rings (SSSR count). The summed E-state index contributed by atoms with van der Waals surface area (Å²) in [6.07, 6.45) is 1.57. The van der Waals surface area contributed by atoms with Gasteiger partial charge in [0.05, 0.1) is 18.8 Å². The molecule has 1 saturated heterocycles. The Balaban J connectivity index is 1.90. The third kappa shape index (κ3) is 4.01. The molecule has 1 saturated carbocycles. The van der Waals surface area contributed by atoms with Gasteiger partial charge in [-0.15, -0.1) is 0 Å². The number of aliphatic hydroxyl groups excluding tert-OH is 4. The van der Waals surface area contributed by atoms with Crippen molar-refractivity contribution in [3.05, 3.63) is 0 Å². The fourth-order valence-corrected chi connectivity index (χ4v) is 4.13. The lowest BCUT2D eigenvalue weighted by molar-refractivity contribution is -0.148. The van der Waals surface area contributed by atoms with E-state index >= 15 is 0 Å². The average molecular weight is 315 g/mol. The van der Waals surface area contributed by atoms with Gasteiger partial charge in [-0.05, 0) is 42.9 Å². The van der Waals surface area contributed by atoms with Crippen LogP contribution in [0.4, 0.5) is 0 Å². The molecule has 5 heteroatoms. The Kier molecular flexibility index (Phi) is 5.89. The van der Waals surface area contributed by atoms with Gasteiger partial charge in [0, 0.05) is 13.1 Å². The van der Waals surface area contributed by atoms with Gasteiger partial charge in [-0.2, -0.15) is 0 Å². The van der Waals surface area contributed by atoms with Crippen molar-refractivity contribution in [3.63, 3.8) is 0 Å². The van der Waals surface area contributed by atoms with E-state index in [4.69, 9.17) is 0 Å². The zero-order valence-corrected chi connectivity index (χ0v) is 14.1. The molecule has 4 atom stereocenters. The van der Waals surface area contributed by atoms with Crippen LogP contribution >= 0.6 is 0 Å². The Morgan fingerprint density at radius 2 is 1.55 bits per heavy atom. The summed E-state index contributed by atoms with van der Waals surface area (Å²) in [5.41, 5.74) is 0.361. The summed E-state index contributed by atoms with van der Waals surface area (Å²) in [5.74, 6) is 1.30. The third-order valence-corrected chi connectivity index (χ3v) is 5.78. The zero-order chi connectivity index (χ0) is 16.5. The molecule has 0 aromatic heterocycles. The molecule has 5 nitrogen and oxygen atoms in total. The Morgan fingerprint density at radius 1 is 0.955 bits per heavy atom. The van der Waals surface area contributed by atoms with Crippen LogP contribution in [0, 0.1) is 17.3 Å². The normalized spacial score (nSPS) is 41.6. The minimum atomic E-state index is -1.16. The van der Waals surface area contributed by atoms with Gasteiger partial charge in [0.1, 0.15) is 12.2 Å². The molecule has 0 aromatic carbocycles. The summed E-state index contributed by atoms with van der Waals surface area (Å²) in [4.78, 5) is 1.96. The number of likely N-dealkylation sites (tertiary alicyclic amines) is 1. The van der Waals surface area contributed by atoms with Gasteiger partial charge in [-0.1, -0.05) is 20.8 Å². The maximum atomic E-state index is 10.0. The van der Waals surface area contributed by atoms with Gasteiger partial charge in [-0.25, -0.2) is 0 Å². The van der Waals surface area contributed by atoms with E-state index < -0.39 is 24.4 Å². The molecule has 4 N–H and O–H groups in total. The SMILES string of the molecule is CC(C)(C)C1CCC(CN2C[C@H](O)[C@@H](O)[C@H](O)[C@@H]2CO)CC1. The first kappa shape index (κ1) is 18.1. The quantitative estimate of drug-likeness (QED) is 0.613. The number of piperidine rings is 1. The number of nitrogens with zero attached hydrogens (tertiary/aromatic N) is 1. The number of hydrogen-bond donors (Lipinski definition) is 4.